The van der Waals surface area contributed by atoms with Gasteiger partial charge in [0.05, 0.1) is 42.2 Å². The molecule has 1 saturated heterocycles. The molecule has 0 aliphatic carbocycles. The van der Waals surface area contributed by atoms with Gasteiger partial charge >= 0.3 is 6.18 Å². The summed E-state index contributed by atoms with van der Waals surface area (Å²) in [5.74, 6) is 0.294. The molecule has 206 valence electrons. The fraction of sp³-hybridized carbons (Fsp3) is 0.250. The van der Waals surface area contributed by atoms with E-state index < -0.39 is 11.9 Å². The maximum atomic E-state index is 13.7. The summed E-state index contributed by atoms with van der Waals surface area (Å²) < 4.78 is 51.7. The number of alkyl halides is 3. The minimum absolute atomic E-state index is 0.223. The summed E-state index contributed by atoms with van der Waals surface area (Å²) in [6, 6.07) is 15.0. The Morgan fingerprint density at radius 2 is 1.80 bits per heavy atom. The number of aromatic nitrogens is 2. The minimum Gasteiger partial charge on any atom is -0.489 e. The quantitative estimate of drug-likeness (QED) is 0.332. The second-order valence-corrected chi connectivity index (χ2v) is 9.68. The first-order valence-corrected chi connectivity index (χ1v) is 13.0. The van der Waals surface area contributed by atoms with Gasteiger partial charge in [0, 0.05) is 30.2 Å². The number of halogens is 4. The maximum Gasteiger partial charge on any atom is 0.433 e. The van der Waals surface area contributed by atoms with E-state index in [0.29, 0.717) is 72.9 Å². The molecule has 40 heavy (non-hydrogen) atoms. The fourth-order valence-corrected chi connectivity index (χ4v) is 5.21. The molecule has 1 N–H and O–H groups in total. The zero-order chi connectivity index (χ0) is 27.9. The Bertz CT molecular complexity index is 1590. The molecule has 2 aromatic carbocycles. The molecule has 6 rings (SSSR count). The van der Waals surface area contributed by atoms with Gasteiger partial charge in [0.25, 0.3) is 5.91 Å². The Hall–Kier alpha value is -4.09. The van der Waals surface area contributed by atoms with Crippen LogP contribution in [0.3, 0.4) is 0 Å². The van der Waals surface area contributed by atoms with Crippen LogP contribution in [0.25, 0.3) is 22.0 Å². The third kappa shape index (κ3) is 4.98. The average molecular weight is 570 g/mol. The lowest BCUT2D eigenvalue weighted by Crippen LogP contribution is -2.47. The van der Waals surface area contributed by atoms with Crippen molar-refractivity contribution >= 4 is 39.8 Å². The van der Waals surface area contributed by atoms with E-state index >= 15 is 0 Å². The SMILES string of the molecule is O=C(NN1CCOc2ccccc21)c1cnc2c(-c3cc(Cl)nc(C(F)(F)F)c3)cccc2c1N1CCOCC1. The van der Waals surface area contributed by atoms with Crippen LogP contribution in [0, 0.1) is 0 Å². The highest BCUT2D eigenvalue weighted by Crippen LogP contribution is 2.38. The number of hydrogen-bond acceptors (Lipinski definition) is 7. The Labute approximate surface area is 232 Å². The van der Waals surface area contributed by atoms with Crippen LogP contribution in [0.15, 0.2) is 60.8 Å². The normalized spacial score (nSPS) is 15.5. The second-order valence-electron chi connectivity index (χ2n) is 9.29. The number of hydrazine groups is 1. The van der Waals surface area contributed by atoms with Crippen LogP contribution in [-0.2, 0) is 10.9 Å². The average Bonchev–Trinajstić information content (AvgIpc) is 2.96. The van der Waals surface area contributed by atoms with Crippen LogP contribution in [0.2, 0.25) is 5.15 Å². The van der Waals surface area contributed by atoms with Crippen molar-refractivity contribution in [1.82, 2.24) is 15.4 Å². The van der Waals surface area contributed by atoms with E-state index in [4.69, 9.17) is 21.1 Å². The Morgan fingerprint density at radius 3 is 2.60 bits per heavy atom. The predicted octanol–water partition coefficient (Wildman–Crippen LogP) is 5.35. The van der Waals surface area contributed by atoms with E-state index in [1.807, 2.05) is 35.2 Å². The molecule has 0 bridgehead atoms. The monoisotopic (exact) mass is 569 g/mol. The maximum absolute atomic E-state index is 13.7. The summed E-state index contributed by atoms with van der Waals surface area (Å²) in [5, 5.41) is 2.08. The predicted molar refractivity (Wildman–Crippen MR) is 145 cm³/mol. The van der Waals surface area contributed by atoms with E-state index in [9.17, 15) is 18.0 Å². The van der Waals surface area contributed by atoms with Crippen LogP contribution in [0.5, 0.6) is 5.75 Å². The number of pyridine rings is 2. The summed E-state index contributed by atoms with van der Waals surface area (Å²) in [7, 11) is 0. The van der Waals surface area contributed by atoms with E-state index in [2.05, 4.69) is 15.4 Å². The number of rotatable bonds is 4. The zero-order valence-corrected chi connectivity index (χ0v) is 21.8. The van der Waals surface area contributed by atoms with Crippen LogP contribution < -0.4 is 20.1 Å². The van der Waals surface area contributed by atoms with Crippen molar-refractivity contribution in [3.63, 3.8) is 0 Å². The van der Waals surface area contributed by atoms with Gasteiger partial charge in [-0.25, -0.2) is 4.98 Å². The van der Waals surface area contributed by atoms with Crippen molar-refractivity contribution in [2.45, 2.75) is 6.18 Å². The highest BCUT2D eigenvalue weighted by atomic mass is 35.5. The Kier molecular flexibility index (Phi) is 6.85. The Morgan fingerprint density at radius 1 is 1.00 bits per heavy atom. The minimum atomic E-state index is -4.67. The van der Waals surface area contributed by atoms with Gasteiger partial charge in [-0.15, -0.1) is 0 Å². The van der Waals surface area contributed by atoms with Gasteiger partial charge in [-0.2, -0.15) is 13.2 Å². The standard InChI is InChI=1S/C28H23ClF3N5O3/c29-24-15-17(14-23(34-24)28(30,31)32)18-4-3-5-19-25(18)33-16-20(26(19)36-8-11-39-12-9-36)27(38)35-37-10-13-40-22-7-2-1-6-21(22)37/h1-7,14-16H,8-13H2,(H,35,38). The molecule has 0 radical (unpaired) electrons. The number of hydrogen-bond donors (Lipinski definition) is 1. The van der Waals surface area contributed by atoms with E-state index in [1.54, 1.807) is 17.1 Å². The zero-order valence-electron chi connectivity index (χ0n) is 21.0. The third-order valence-corrected chi connectivity index (χ3v) is 7.00. The molecule has 0 unspecified atom stereocenters. The number of anilines is 2. The van der Waals surface area contributed by atoms with Gasteiger partial charge in [-0.3, -0.25) is 20.2 Å². The summed E-state index contributed by atoms with van der Waals surface area (Å²) in [6.07, 6.45) is -3.20. The highest BCUT2D eigenvalue weighted by Gasteiger charge is 2.33. The second kappa shape index (κ2) is 10.5. The molecule has 12 heteroatoms. The molecule has 1 amide bonds. The van der Waals surface area contributed by atoms with Crippen LogP contribution >= 0.6 is 11.6 Å². The molecule has 4 heterocycles. The lowest BCUT2D eigenvalue weighted by Gasteiger charge is -2.33. The molecule has 2 aliphatic rings. The number of carbonyl (C=O) groups is 1. The van der Waals surface area contributed by atoms with Gasteiger partial charge in [0.15, 0.2) is 0 Å². The van der Waals surface area contributed by atoms with Crippen LogP contribution in [-0.4, -0.2) is 55.3 Å². The highest BCUT2D eigenvalue weighted by molar-refractivity contribution is 6.29. The summed E-state index contributed by atoms with van der Waals surface area (Å²) in [5.41, 5.74) is 4.68. The Balaban J connectivity index is 1.46. The number of nitrogens with zero attached hydrogens (tertiary/aromatic N) is 4. The first kappa shape index (κ1) is 26.1. The van der Waals surface area contributed by atoms with Gasteiger partial charge in [-0.1, -0.05) is 41.9 Å². The van der Waals surface area contributed by atoms with Crippen molar-refractivity contribution in [2.75, 3.05) is 49.4 Å². The molecular weight excluding hydrogens is 547 g/mol. The van der Waals surface area contributed by atoms with Gasteiger partial charge in [-0.05, 0) is 29.8 Å². The lowest BCUT2D eigenvalue weighted by molar-refractivity contribution is -0.141. The smallest absolute Gasteiger partial charge is 0.433 e. The van der Waals surface area contributed by atoms with Gasteiger partial charge in [0.1, 0.15) is 23.2 Å². The molecule has 2 aliphatic heterocycles. The van der Waals surface area contributed by atoms with Crippen molar-refractivity contribution in [3.05, 3.63) is 77.2 Å². The van der Waals surface area contributed by atoms with Gasteiger partial charge in [0.2, 0.25) is 0 Å². The lowest BCUT2D eigenvalue weighted by atomic mass is 9.99. The number of para-hydroxylation sites is 3. The summed E-state index contributed by atoms with van der Waals surface area (Å²) in [4.78, 5) is 23.8. The largest absolute Gasteiger partial charge is 0.489 e. The number of nitrogens with one attached hydrogen (secondary N) is 1. The van der Waals surface area contributed by atoms with Crippen molar-refractivity contribution < 1.29 is 27.4 Å². The van der Waals surface area contributed by atoms with Crippen molar-refractivity contribution in [2.24, 2.45) is 0 Å². The number of amides is 1. The number of ether oxygens (including phenoxy) is 2. The van der Waals surface area contributed by atoms with E-state index in [1.165, 1.54) is 12.3 Å². The molecule has 0 saturated carbocycles. The molecule has 0 atom stereocenters. The number of carbonyl (C=O) groups excluding carboxylic acids is 1. The molecule has 8 nitrogen and oxygen atoms in total. The number of fused-ring (bicyclic) bond motifs is 2. The first-order chi connectivity index (χ1) is 19.3. The summed E-state index contributed by atoms with van der Waals surface area (Å²) in [6.45, 7) is 2.85. The van der Waals surface area contributed by atoms with E-state index in [-0.39, 0.29) is 16.6 Å². The first-order valence-electron chi connectivity index (χ1n) is 12.6. The van der Waals surface area contributed by atoms with E-state index in [0.717, 1.165) is 11.8 Å². The third-order valence-electron chi connectivity index (χ3n) is 6.80. The number of morpholine rings is 1. The fourth-order valence-electron chi connectivity index (χ4n) is 5.00. The molecule has 0 spiro atoms. The van der Waals surface area contributed by atoms with Crippen molar-refractivity contribution in [3.8, 4) is 16.9 Å². The van der Waals surface area contributed by atoms with Gasteiger partial charge < -0.3 is 14.4 Å². The molecular formula is C28H23ClF3N5O3. The molecule has 1 fully saturated rings. The van der Waals surface area contributed by atoms with Crippen LogP contribution in [0.1, 0.15) is 16.1 Å². The van der Waals surface area contributed by atoms with Crippen molar-refractivity contribution in [1.29, 1.82) is 0 Å². The molecule has 2 aromatic heterocycles. The van der Waals surface area contributed by atoms with Crippen LogP contribution in [0.4, 0.5) is 24.5 Å². The topological polar surface area (TPSA) is 79.8 Å². The molecule has 4 aromatic rings. The summed E-state index contributed by atoms with van der Waals surface area (Å²) >= 11 is 5.99. The number of benzene rings is 2.